The van der Waals surface area contributed by atoms with Crippen LogP contribution in [0.2, 0.25) is 0 Å². The fourth-order valence-electron chi connectivity index (χ4n) is 2.89. The number of hydrogen-bond donors (Lipinski definition) is 2. The molecule has 4 heteroatoms. The molecule has 0 unspecified atom stereocenters. The van der Waals surface area contributed by atoms with E-state index in [2.05, 4.69) is 24.5 Å². The van der Waals surface area contributed by atoms with Gasteiger partial charge in [0.1, 0.15) is 5.60 Å². The van der Waals surface area contributed by atoms with Crippen molar-refractivity contribution in [3.8, 4) is 0 Å². The van der Waals surface area contributed by atoms with E-state index in [1.165, 1.54) is 25.7 Å². The highest BCUT2D eigenvalue weighted by Gasteiger charge is 2.26. The van der Waals surface area contributed by atoms with Crippen LogP contribution in [0.1, 0.15) is 60.3 Å². The highest BCUT2D eigenvalue weighted by atomic mass is 16.6. The number of nitrogens with one attached hydrogen (secondary N) is 2. The van der Waals surface area contributed by atoms with Crippen molar-refractivity contribution in [2.24, 2.45) is 5.41 Å². The number of amides is 1. The van der Waals surface area contributed by atoms with E-state index in [1.807, 2.05) is 45.0 Å². The second-order valence-electron chi connectivity index (χ2n) is 8.29. The molecule has 1 aromatic rings. The van der Waals surface area contributed by atoms with Crippen molar-refractivity contribution in [3.05, 3.63) is 24.3 Å². The summed E-state index contributed by atoms with van der Waals surface area (Å²) in [6.07, 6.45) is 4.46. The van der Waals surface area contributed by atoms with Crippen molar-refractivity contribution in [1.82, 2.24) is 0 Å². The zero-order valence-corrected chi connectivity index (χ0v) is 15.0. The number of anilines is 2. The third-order valence-corrected chi connectivity index (χ3v) is 4.22. The van der Waals surface area contributed by atoms with Crippen molar-refractivity contribution < 1.29 is 9.53 Å². The summed E-state index contributed by atoms with van der Waals surface area (Å²) in [7, 11) is 0. The van der Waals surface area contributed by atoms with Crippen LogP contribution in [0.25, 0.3) is 0 Å². The van der Waals surface area contributed by atoms with Crippen LogP contribution in [0.3, 0.4) is 0 Å². The first-order valence-corrected chi connectivity index (χ1v) is 8.50. The summed E-state index contributed by atoms with van der Waals surface area (Å²) in [6, 6.07) is 8.34. The first kappa shape index (κ1) is 17.6. The summed E-state index contributed by atoms with van der Waals surface area (Å²) in [5, 5.41) is 6.38. The van der Waals surface area contributed by atoms with Crippen LogP contribution in [0.15, 0.2) is 24.3 Å². The van der Waals surface area contributed by atoms with Crippen LogP contribution in [-0.4, -0.2) is 17.7 Å². The lowest BCUT2D eigenvalue weighted by Crippen LogP contribution is -2.30. The van der Waals surface area contributed by atoms with Crippen molar-refractivity contribution >= 4 is 17.5 Å². The van der Waals surface area contributed by atoms with E-state index in [4.69, 9.17) is 4.74 Å². The van der Waals surface area contributed by atoms with Crippen LogP contribution in [0, 0.1) is 5.41 Å². The lowest BCUT2D eigenvalue weighted by atomic mass is 9.75. The Hall–Kier alpha value is -1.71. The Morgan fingerprint density at radius 2 is 1.78 bits per heavy atom. The fraction of sp³-hybridized carbons (Fsp3) is 0.632. The minimum Gasteiger partial charge on any atom is -0.444 e. The monoisotopic (exact) mass is 318 g/mol. The maximum atomic E-state index is 11.8. The van der Waals surface area contributed by atoms with Gasteiger partial charge in [0.15, 0.2) is 0 Å². The van der Waals surface area contributed by atoms with Crippen LogP contribution < -0.4 is 10.6 Å². The molecule has 0 spiro atoms. The molecule has 0 saturated heterocycles. The molecule has 1 amide bonds. The molecule has 1 aromatic carbocycles. The molecule has 1 saturated carbocycles. The summed E-state index contributed by atoms with van der Waals surface area (Å²) >= 11 is 0. The molecule has 1 aliphatic rings. The molecular weight excluding hydrogens is 288 g/mol. The zero-order chi connectivity index (χ0) is 17.1. The van der Waals surface area contributed by atoms with Gasteiger partial charge in [-0.2, -0.15) is 0 Å². The Labute approximate surface area is 140 Å². The average molecular weight is 318 g/mol. The van der Waals surface area contributed by atoms with Gasteiger partial charge >= 0.3 is 6.09 Å². The van der Waals surface area contributed by atoms with E-state index in [1.54, 1.807) is 0 Å². The van der Waals surface area contributed by atoms with Crippen molar-refractivity contribution in [2.75, 3.05) is 10.6 Å². The third-order valence-electron chi connectivity index (χ3n) is 4.22. The maximum absolute atomic E-state index is 11.8. The standard InChI is InChI=1S/C19H30N2O2/c1-18(2,3)23-17(22)21-16-8-6-7-15(13-16)20-14-9-11-19(4,5)12-10-14/h6-8,13-14,20H,9-12H2,1-5H3,(H,21,22). The smallest absolute Gasteiger partial charge is 0.412 e. The van der Waals surface area contributed by atoms with Gasteiger partial charge in [-0.3, -0.25) is 5.32 Å². The molecule has 0 bridgehead atoms. The molecular formula is C19H30N2O2. The third kappa shape index (κ3) is 6.12. The number of ether oxygens (including phenoxy) is 1. The molecule has 0 aromatic heterocycles. The predicted molar refractivity (Wildman–Crippen MR) is 96.0 cm³/mol. The SMILES string of the molecule is CC1(C)CCC(Nc2cccc(NC(=O)OC(C)(C)C)c2)CC1. The predicted octanol–water partition coefficient (Wildman–Crippen LogP) is 5.41. The van der Waals surface area contributed by atoms with Gasteiger partial charge < -0.3 is 10.1 Å². The molecule has 0 atom stereocenters. The molecule has 2 N–H and O–H groups in total. The van der Waals surface area contributed by atoms with E-state index >= 15 is 0 Å². The van der Waals surface area contributed by atoms with E-state index in [9.17, 15) is 4.79 Å². The van der Waals surface area contributed by atoms with Gasteiger partial charge in [0, 0.05) is 17.4 Å². The Bertz CT molecular complexity index is 537. The summed E-state index contributed by atoms with van der Waals surface area (Å²) in [5.74, 6) is 0. The largest absolute Gasteiger partial charge is 0.444 e. The van der Waals surface area contributed by atoms with Gasteiger partial charge in [-0.15, -0.1) is 0 Å². The number of carbonyl (C=O) groups excluding carboxylic acids is 1. The molecule has 2 rings (SSSR count). The molecule has 0 heterocycles. The Kier molecular flexibility index (Phi) is 5.23. The van der Waals surface area contributed by atoms with Gasteiger partial charge in [0.05, 0.1) is 0 Å². The minimum absolute atomic E-state index is 0.422. The Morgan fingerprint density at radius 3 is 2.39 bits per heavy atom. The first-order chi connectivity index (χ1) is 10.6. The summed E-state index contributed by atoms with van der Waals surface area (Å²) in [4.78, 5) is 11.8. The van der Waals surface area contributed by atoms with E-state index in [-0.39, 0.29) is 0 Å². The molecule has 23 heavy (non-hydrogen) atoms. The van der Waals surface area contributed by atoms with Crippen molar-refractivity contribution in [2.45, 2.75) is 71.9 Å². The van der Waals surface area contributed by atoms with Crippen LogP contribution in [0.4, 0.5) is 16.2 Å². The van der Waals surface area contributed by atoms with Crippen LogP contribution in [-0.2, 0) is 4.74 Å². The number of hydrogen-bond acceptors (Lipinski definition) is 3. The molecule has 0 radical (unpaired) electrons. The quantitative estimate of drug-likeness (QED) is 0.783. The maximum Gasteiger partial charge on any atom is 0.412 e. The van der Waals surface area contributed by atoms with Gasteiger partial charge in [0.25, 0.3) is 0 Å². The van der Waals surface area contributed by atoms with Crippen molar-refractivity contribution in [3.63, 3.8) is 0 Å². The molecule has 128 valence electrons. The van der Waals surface area contributed by atoms with E-state index in [0.29, 0.717) is 11.5 Å². The highest BCUT2D eigenvalue weighted by Crippen LogP contribution is 2.36. The van der Waals surface area contributed by atoms with E-state index in [0.717, 1.165) is 11.4 Å². The minimum atomic E-state index is -0.491. The van der Waals surface area contributed by atoms with Gasteiger partial charge in [0.2, 0.25) is 0 Å². The first-order valence-electron chi connectivity index (χ1n) is 8.50. The molecule has 0 aliphatic heterocycles. The number of carbonyl (C=O) groups is 1. The van der Waals surface area contributed by atoms with Gasteiger partial charge in [-0.1, -0.05) is 19.9 Å². The number of rotatable bonds is 3. The zero-order valence-electron chi connectivity index (χ0n) is 15.0. The summed E-state index contributed by atoms with van der Waals surface area (Å²) in [6.45, 7) is 10.3. The molecule has 4 nitrogen and oxygen atoms in total. The Morgan fingerprint density at radius 1 is 1.17 bits per heavy atom. The molecule has 1 fully saturated rings. The summed E-state index contributed by atoms with van der Waals surface area (Å²) < 4.78 is 5.28. The second-order valence-corrected chi connectivity index (χ2v) is 8.29. The van der Waals surface area contributed by atoms with E-state index < -0.39 is 11.7 Å². The topological polar surface area (TPSA) is 50.4 Å². The molecule has 1 aliphatic carbocycles. The lowest BCUT2D eigenvalue weighted by Gasteiger charge is -2.35. The Balaban J connectivity index is 1.91. The van der Waals surface area contributed by atoms with Gasteiger partial charge in [-0.25, -0.2) is 4.79 Å². The number of benzene rings is 1. The average Bonchev–Trinajstić information content (AvgIpc) is 2.39. The van der Waals surface area contributed by atoms with Crippen molar-refractivity contribution in [1.29, 1.82) is 0 Å². The van der Waals surface area contributed by atoms with Crippen LogP contribution >= 0.6 is 0 Å². The second kappa shape index (κ2) is 6.81. The van der Waals surface area contributed by atoms with Gasteiger partial charge in [-0.05, 0) is 70.1 Å². The van der Waals surface area contributed by atoms with Crippen LogP contribution in [0.5, 0.6) is 0 Å². The highest BCUT2D eigenvalue weighted by molar-refractivity contribution is 5.85. The summed E-state index contributed by atoms with van der Waals surface area (Å²) in [5.41, 5.74) is 1.77. The lowest BCUT2D eigenvalue weighted by molar-refractivity contribution is 0.0636. The fourth-order valence-corrected chi connectivity index (χ4v) is 2.89. The normalized spacial score (nSPS) is 18.3.